The third kappa shape index (κ3) is 3.38. The van der Waals surface area contributed by atoms with Crippen molar-refractivity contribution < 1.29 is 9.18 Å². The summed E-state index contributed by atoms with van der Waals surface area (Å²) < 4.78 is 15.6. The van der Waals surface area contributed by atoms with Gasteiger partial charge in [0.1, 0.15) is 5.82 Å². The number of hydrogen-bond acceptors (Lipinski definition) is 2. The molecule has 0 atom stereocenters. The highest BCUT2D eigenvalue weighted by atomic mass is 79.9. The van der Waals surface area contributed by atoms with E-state index in [-0.39, 0.29) is 11.7 Å². The van der Waals surface area contributed by atoms with Crippen molar-refractivity contribution in [1.29, 1.82) is 0 Å². The zero-order chi connectivity index (χ0) is 17.3. The van der Waals surface area contributed by atoms with E-state index >= 15 is 0 Å². The number of rotatable bonds is 3. The van der Waals surface area contributed by atoms with E-state index in [1.54, 1.807) is 29.9 Å². The maximum Gasteiger partial charge on any atom is 0.276 e. The number of hydrogen-bond donors (Lipinski definition) is 1. The van der Waals surface area contributed by atoms with Crippen molar-refractivity contribution in [3.05, 3.63) is 70.1 Å². The van der Waals surface area contributed by atoms with Crippen LogP contribution in [0.5, 0.6) is 0 Å². The number of amides is 1. The minimum Gasteiger partial charge on any atom is -0.320 e. The van der Waals surface area contributed by atoms with Gasteiger partial charge in [-0.3, -0.25) is 9.48 Å². The fraction of sp³-hybridized carbons (Fsp3) is 0.111. The van der Waals surface area contributed by atoms with Crippen LogP contribution in [0.25, 0.3) is 11.3 Å². The fourth-order valence-corrected chi connectivity index (χ4v) is 2.90. The Hall–Kier alpha value is -2.47. The first-order valence-corrected chi connectivity index (χ1v) is 8.11. The normalized spacial score (nSPS) is 10.7. The molecule has 4 nitrogen and oxygen atoms in total. The maximum absolute atomic E-state index is 13.1. The summed E-state index contributed by atoms with van der Waals surface area (Å²) in [5.41, 5.74) is 3.53. The lowest BCUT2D eigenvalue weighted by Gasteiger charge is -2.07. The van der Waals surface area contributed by atoms with Crippen molar-refractivity contribution in [3.63, 3.8) is 0 Å². The van der Waals surface area contributed by atoms with Crippen LogP contribution in [0.3, 0.4) is 0 Å². The molecule has 0 aliphatic carbocycles. The summed E-state index contributed by atoms with van der Waals surface area (Å²) in [5, 5.41) is 7.11. The number of carbonyl (C=O) groups excluding carboxylic acids is 1. The molecular formula is C18H15BrFN3O. The molecule has 0 radical (unpaired) electrons. The highest BCUT2D eigenvalue weighted by Crippen LogP contribution is 2.23. The standard InChI is InChI=1S/C18H15BrFN3O/c1-11-9-13(19)5-8-15(11)21-18(24)16-10-17(23(2)22-16)12-3-6-14(20)7-4-12/h3-10H,1-2H3,(H,21,24). The van der Waals surface area contributed by atoms with Gasteiger partial charge in [-0.1, -0.05) is 15.9 Å². The highest BCUT2D eigenvalue weighted by Gasteiger charge is 2.15. The van der Waals surface area contributed by atoms with Crippen LogP contribution in [-0.2, 0) is 7.05 Å². The summed E-state index contributed by atoms with van der Waals surface area (Å²) in [5.74, 6) is -0.589. The van der Waals surface area contributed by atoms with E-state index in [9.17, 15) is 9.18 Å². The number of nitrogens with one attached hydrogen (secondary N) is 1. The summed E-state index contributed by atoms with van der Waals surface area (Å²) in [6, 6.07) is 13.4. The van der Waals surface area contributed by atoms with Gasteiger partial charge in [0.2, 0.25) is 0 Å². The largest absolute Gasteiger partial charge is 0.320 e. The van der Waals surface area contributed by atoms with Crippen molar-refractivity contribution in [2.75, 3.05) is 5.32 Å². The predicted molar refractivity (Wildman–Crippen MR) is 95.4 cm³/mol. The summed E-state index contributed by atoms with van der Waals surface area (Å²) >= 11 is 3.40. The molecule has 0 bridgehead atoms. The van der Waals surface area contributed by atoms with Gasteiger partial charge in [0.05, 0.1) is 5.69 Å². The molecular weight excluding hydrogens is 373 g/mol. The van der Waals surface area contributed by atoms with Gasteiger partial charge < -0.3 is 5.32 Å². The van der Waals surface area contributed by atoms with E-state index in [1.807, 2.05) is 25.1 Å². The van der Waals surface area contributed by atoms with Crippen molar-refractivity contribution in [2.45, 2.75) is 6.92 Å². The van der Waals surface area contributed by atoms with Crippen LogP contribution >= 0.6 is 15.9 Å². The Labute approximate surface area is 147 Å². The number of anilines is 1. The van der Waals surface area contributed by atoms with Crippen LogP contribution in [0.15, 0.2) is 53.0 Å². The fourth-order valence-electron chi connectivity index (χ4n) is 2.42. The van der Waals surface area contributed by atoms with Gasteiger partial charge in [0.25, 0.3) is 5.91 Å². The molecule has 2 aromatic carbocycles. The Morgan fingerprint density at radius 2 is 1.88 bits per heavy atom. The molecule has 1 aromatic heterocycles. The Balaban J connectivity index is 1.86. The molecule has 0 fully saturated rings. The minimum absolute atomic E-state index is 0.288. The van der Waals surface area contributed by atoms with E-state index in [0.717, 1.165) is 27.0 Å². The van der Waals surface area contributed by atoms with E-state index in [4.69, 9.17) is 0 Å². The summed E-state index contributed by atoms with van der Waals surface area (Å²) in [4.78, 5) is 12.4. The first kappa shape index (κ1) is 16.4. The number of carbonyl (C=O) groups is 1. The molecule has 1 N–H and O–H groups in total. The molecule has 122 valence electrons. The molecule has 0 saturated heterocycles. The molecule has 3 aromatic rings. The smallest absolute Gasteiger partial charge is 0.276 e. The lowest BCUT2D eigenvalue weighted by molar-refractivity contribution is 0.102. The predicted octanol–water partition coefficient (Wildman–Crippen LogP) is 4.55. The molecule has 1 heterocycles. The Morgan fingerprint density at radius 3 is 2.54 bits per heavy atom. The van der Waals surface area contributed by atoms with Gasteiger partial charge in [-0.2, -0.15) is 5.10 Å². The number of benzene rings is 2. The average molecular weight is 388 g/mol. The molecule has 6 heteroatoms. The Kier molecular flexibility index (Phi) is 4.49. The second kappa shape index (κ2) is 6.57. The van der Waals surface area contributed by atoms with Crippen LogP contribution in [0.2, 0.25) is 0 Å². The monoisotopic (exact) mass is 387 g/mol. The molecule has 3 rings (SSSR count). The average Bonchev–Trinajstić information content (AvgIpc) is 2.93. The third-order valence-corrected chi connectivity index (χ3v) is 4.18. The lowest BCUT2D eigenvalue weighted by atomic mass is 10.1. The van der Waals surface area contributed by atoms with Crippen molar-refractivity contribution >= 4 is 27.5 Å². The molecule has 0 unspecified atom stereocenters. The van der Waals surface area contributed by atoms with Crippen LogP contribution in [-0.4, -0.2) is 15.7 Å². The zero-order valence-corrected chi connectivity index (χ0v) is 14.8. The van der Waals surface area contributed by atoms with Gasteiger partial charge >= 0.3 is 0 Å². The van der Waals surface area contributed by atoms with Crippen molar-refractivity contribution in [1.82, 2.24) is 9.78 Å². The summed E-state index contributed by atoms with van der Waals surface area (Å²) in [7, 11) is 1.75. The van der Waals surface area contributed by atoms with Crippen LogP contribution in [0.4, 0.5) is 10.1 Å². The molecule has 1 amide bonds. The molecule has 0 aliphatic rings. The van der Waals surface area contributed by atoms with Gasteiger partial charge in [-0.15, -0.1) is 0 Å². The molecule has 0 spiro atoms. The highest BCUT2D eigenvalue weighted by molar-refractivity contribution is 9.10. The van der Waals surface area contributed by atoms with Gasteiger partial charge in [-0.05, 0) is 66.6 Å². The van der Waals surface area contributed by atoms with Crippen LogP contribution in [0.1, 0.15) is 16.1 Å². The zero-order valence-electron chi connectivity index (χ0n) is 13.2. The van der Waals surface area contributed by atoms with Crippen molar-refractivity contribution in [3.8, 4) is 11.3 Å². The van der Waals surface area contributed by atoms with Crippen LogP contribution < -0.4 is 5.32 Å². The number of aromatic nitrogens is 2. The van der Waals surface area contributed by atoms with Gasteiger partial charge in [-0.25, -0.2) is 4.39 Å². The number of halogens is 2. The quantitative estimate of drug-likeness (QED) is 0.716. The van der Waals surface area contributed by atoms with E-state index in [2.05, 4.69) is 26.3 Å². The summed E-state index contributed by atoms with van der Waals surface area (Å²) in [6.07, 6.45) is 0. The maximum atomic E-state index is 13.1. The van der Waals surface area contributed by atoms with Crippen LogP contribution in [0, 0.1) is 12.7 Å². The second-order valence-electron chi connectivity index (χ2n) is 5.46. The second-order valence-corrected chi connectivity index (χ2v) is 6.37. The first-order chi connectivity index (χ1) is 11.4. The Morgan fingerprint density at radius 1 is 1.17 bits per heavy atom. The molecule has 0 aliphatic heterocycles. The van der Waals surface area contributed by atoms with E-state index in [0.29, 0.717) is 5.69 Å². The lowest BCUT2D eigenvalue weighted by Crippen LogP contribution is -2.13. The minimum atomic E-state index is -0.301. The van der Waals surface area contributed by atoms with Gasteiger partial charge in [0, 0.05) is 17.2 Å². The van der Waals surface area contributed by atoms with E-state index < -0.39 is 0 Å². The summed E-state index contributed by atoms with van der Waals surface area (Å²) in [6.45, 7) is 1.92. The van der Waals surface area contributed by atoms with E-state index in [1.165, 1.54) is 12.1 Å². The first-order valence-electron chi connectivity index (χ1n) is 7.31. The SMILES string of the molecule is Cc1cc(Br)ccc1NC(=O)c1cc(-c2ccc(F)cc2)n(C)n1. The third-order valence-electron chi connectivity index (χ3n) is 3.69. The van der Waals surface area contributed by atoms with Crippen molar-refractivity contribution in [2.24, 2.45) is 7.05 Å². The van der Waals surface area contributed by atoms with Gasteiger partial charge in [0.15, 0.2) is 5.69 Å². The Bertz CT molecular complexity index is 903. The molecule has 0 saturated carbocycles. The number of aryl methyl sites for hydroxylation is 2. The molecule has 24 heavy (non-hydrogen) atoms. The topological polar surface area (TPSA) is 46.9 Å². The number of nitrogens with zero attached hydrogens (tertiary/aromatic N) is 2.